The average Bonchev–Trinajstić information content (AvgIpc) is 2.90. The summed E-state index contributed by atoms with van der Waals surface area (Å²) in [6, 6.07) is 2.72. The first-order chi connectivity index (χ1) is 10.9. The van der Waals surface area contributed by atoms with Gasteiger partial charge in [-0.1, -0.05) is 5.92 Å². The number of carbonyl (C=O) groups is 1. The number of aryl methyl sites for hydroxylation is 1. The van der Waals surface area contributed by atoms with Crippen molar-refractivity contribution < 1.29 is 13.2 Å². The second-order valence-electron chi connectivity index (χ2n) is 5.44. The fourth-order valence-electron chi connectivity index (χ4n) is 2.67. The van der Waals surface area contributed by atoms with Crippen LogP contribution >= 0.6 is 0 Å². The number of benzene rings is 1. The summed E-state index contributed by atoms with van der Waals surface area (Å²) >= 11 is 0. The summed E-state index contributed by atoms with van der Waals surface area (Å²) in [6.07, 6.45) is 7.16. The van der Waals surface area contributed by atoms with E-state index in [0.717, 1.165) is 10.9 Å². The summed E-state index contributed by atoms with van der Waals surface area (Å²) in [5.74, 6) is 1.93. The largest absolute Gasteiger partial charge is 0.344 e. The van der Waals surface area contributed by atoms with Crippen molar-refractivity contribution in [3.8, 4) is 12.3 Å². The van der Waals surface area contributed by atoms with Crippen molar-refractivity contribution in [2.75, 3.05) is 13.1 Å². The first-order valence-corrected chi connectivity index (χ1v) is 8.56. The smallest absolute Gasteiger partial charge is 0.245 e. The minimum Gasteiger partial charge on any atom is -0.344 e. The normalized spacial score (nSPS) is 18.3. The number of hydrogen-bond donors (Lipinski definition) is 2. The molecule has 1 aromatic carbocycles. The Bertz CT molecular complexity index is 910. The molecule has 1 aliphatic rings. The third-order valence-electron chi connectivity index (χ3n) is 3.88. The number of carbonyl (C=O) groups excluding carboxylic acids is 1. The molecule has 1 amide bonds. The number of nitrogens with zero attached hydrogens (tertiary/aromatic N) is 2. The molecule has 0 aliphatic carbocycles. The van der Waals surface area contributed by atoms with E-state index in [1.165, 1.54) is 4.31 Å². The van der Waals surface area contributed by atoms with Crippen molar-refractivity contribution in [3.05, 3.63) is 23.9 Å². The molecule has 23 heavy (non-hydrogen) atoms. The van der Waals surface area contributed by atoms with Crippen molar-refractivity contribution in [3.63, 3.8) is 0 Å². The van der Waals surface area contributed by atoms with Crippen molar-refractivity contribution in [2.45, 2.75) is 24.3 Å². The molecule has 2 N–H and O–H groups in total. The van der Waals surface area contributed by atoms with Crippen LogP contribution in [0.15, 0.2) is 23.2 Å². The predicted molar refractivity (Wildman–Crippen MR) is 85.0 cm³/mol. The van der Waals surface area contributed by atoms with Gasteiger partial charge in [0.15, 0.2) is 0 Å². The van der Waals surface area contributed by atoms with Gasteiger partial charge in [-0.05, 0) is 31.0 Å². The molecule has 7 nitrogen and oxygen atoms in total. The molecule has 1 saturated heterocycles. The van der Waals surface area contributed by atoms with Crippen molar-refractivity contribution in [2.24, 2.45) is 0 Å². The lowest BCUT2D eigenvalue weighted by Gasteiger charge is -2.38. The van der Waals surface area contributed by atoms with Crippen LogP contribution in [0.5, 0.6) is 0 Å². The predicted octanol–water partition coefficient (Wildman–Crippen LogP) is 0.384. The summed E-state index contributed by atoms with van der Waals surface area (Å²) < 4.78 is 27.1. The number of nitrogens with one attached hydrogen (secondary N) is 2. The van der Waals surface area contributed by atoms with Crippen LogP contribution in [-0.4, -0.2) is 48.0 Å². The lowest BCUT2D eigenvalue weighted by atomic mass is 10.1. The van der Waals surface area contributed by atoms with Crippen LogP contribution in [0.2, 0.25) is 0 Å². The number of rotatable bonds is 4. The van der Waals surface area contributed by atoms with Gasteiger partial charge in [0.25, 0.3) is 0 Å². The van der Waals surface area contributed by atoms with Gasteiger partial charge in [0.05, 0.1) is 18.3 Å². The van der Waals surface area contributed by atoms with Crippen molar-refractivity contribution >= 4 is 26.8 Å². The standard InChI is InChI=1S/C15H16N4O3S/c1-3-5-16-15(20)12-4-6-19(12)23(21,22)13-8-10(2)7-11-9-17-18-14(11)13/h1,7-9,12H,4-6H2,2H3,(H,16,20)(H,17,18)/t12-/m0/s1. The summed E-state index contributed by atoms with van der Waals surface area (Å²) in [4.78, 5) is 12.2. The molecule has 0 spiro atoms. The van der Waals surface area contributed by atoms with Gasteiger partial charge in [-0.25, -0.2) is 8.42 Å². The van der Waals surface area contributed by atoms with Gasteiger partial charge in [0, 0.05) is 11.9 Å². The molecular formula is C15H16N4O3S. The first kappa shape index (κ1) is 15.5. The van der Waals surface area contributed by atoms with Crippen molar-refractivity contribution in [1.29, 1.82) is 0 Å². The summed E-state index contributed by atoms with van der Waals surface area (Å²) in [6.45, 7) is 2.21. The van der Waals surface area contributed by atoms with Crippen LogP contribution in [0.25, 0.3) is 10.9 Å². The Morgan fingerprint density at radius 2 is 2.35 bits per heavy atom. The molecule has 120 valence electrons. The number of aromatic nitrogens is 2. The zero-order valence-corrected chi connectivity index (χ0v) is 13.4. The molecule has 2 heterocycles. The quantitative estimate of drug-likeness (QED) is 0.792. The maximum Gasteiger partial charge on any atom is 0.245 e. The highest BCUT2D eigenvalue weighted by Gasteiger charge is 2.43. The molecule has 1 atom stereocenters. The van der Waals surface area contributed by atoms with E-state index in [1.807, 2.05) is 13.0 Å². The molecule has 1 aromatic heterocycles. The van der Waals surface area contributed by atoms with Crippen LogP contribution in [0.4, 0.5) is 0 Å². The van der Waals surface area contributed by atoms with Gasteiger partial charge in [0.2, 0.25) is 15.9 Å². The van der Waals surface area contributed by atoms with Gasteiger partial charge in [0.1, 0.15) is 10.9 Å². The molecule has 1 aliphatic heterocycles. The topological polar surface area (TPSA) is 95.2 Å². The average molecular weight is 332 g/mol. The van der Waals surface area contributed by atoms with Crippen LogP contribution in [0.1, 0.15) is 12.0 Å². The van der Waals surface area contributed by atoms with Gasteiger partial charge < -0.3 is 5.32 Å². The lowest BCUT2D eigenvalue weighted by Crippen LogP contribution is -2.58. The van der Waals surface area contributed by atoms with Crippen LogP contribution in [-0.2, 0) is 14.8 Å². The van der Waals surface area contributed by atoms with E-state index in [4.69, 9.17) is 6.42 Å². The molecule has 2 aromatic rings. The highest BCUT2D eigenvalue weighted by atomic mass is 32.2. The van der Waals surface area contributed by atoms with E-state index in [9.17, 15) is 13.2 Å². The van der Waals surface area contributed by atoms with Gasteiger partial charge >= 0.3 is 0 Å². The Hall–Kier alpha value is -2.37. The van der Waals surface area contributed by atoms with Gasteiger partial charge in [-0.3, -0.25) is 9.89 Å². The third kappa shape index (κ3) is 2.58. The minimum atomic E-state index is -3.79. The minimum absolute atomic E-state index is 0.0818. The zero-order chi connectivity index (χ0) is 16.6. The fourth-order valence-corrected chi connectivity index (χ4v) is 4.56. The van der Waals surface area contributed by atoms with Crippen LogP contribution < -0.4 is 5.32 Å². The molecule has 0 radical (unpaired) electrons. The molecule has 0 saturated carbocycles. The maximum atomic E-state index is 12.9. The fraction of sp³-hybridized carbons (Fsp3) is 0.333. The summed E-state index contributed by atoms with van der Waals surface area (Å²) in [7, 11) is -3.79. The number of aromatic amines is 1. The Kier molecular flexibility index (Phi) is 3.83. The molecular weight excluding hydrogens is 316 g/mol. The molecule has 3 rings (SSSR count). The van der Waals surface area contributed by atoms with E-state index in [1.54, 1.807) is 12.3 Å². The second-order valence-corrected chi connectivity index (χ2v) is 7.30. The van der Waals surface area contributed by atoms with E-state index < -0.39 is 16.1 Å². The Labute approximate surface area is 134 Å². The molecule has 0 bridgehead atoms. The third-order valence-corrected chi connectivity index (χ3v) is 5.81. The first-order valence-electron chi connectivity index (χ1n) is 7.12. The summed E-state index contributed by atoms with van der Waals surface area (Å²) in [5, 5.41) is 9.87. The second kappa shape index (κ2) is 5.68. The maximum absolute atomic E-state index is 12.9. The molecule has 0 unspecified atom stereocenters. The zero-order valence-electron chi connectivity index (χ0n) is 12.5. The summed E-state index contributed by atoms with van der Waals surface area (Å²) in [5.41, 5.74) is 1.26. The van der Waals surface area contributed by atoms with Gasteiger partial charge in [-0.15, -0.1) is 6.42 Å². The lowest BCUT2D eigenvalue weighted by molar-refractivity contribution is -0.127. The highest BCUT2D eigenvalue weighted by molar-refractivity contribution is 7.89. The monoisotopic (exact) mass is 332 g/mol. The Balaban J connectivity index is 1.97. The van der Waals surface area contributed by atoms with Crippen LogP contribution in [0, 0.1) is 19.3 Å². The van der Waals surface area contributed by atoms with Crippen LogP contribution in [0.3, 0.4) is 0 Å². The SMILES string of the molecule is C#CCNC(=O)[C@@H]1CCN1S(=O)(=O)c1cc(C)cc2cn[nH]c12. The number of amides is 1. The molecule has 1 fully saturated rings. The van der Waals surface area contributed by atoms with E-state index in [2.05, 4.69) is 21.4 Å². The Morgan fingerprint density at radius 1 is 1.57 bits per heavy atom. The number of hydrogen-bond acceptors (Lipinski definition) is 4. The highest BCUT2D eigenvalue weighted by Crippen LogP contribution is 2.31. The van der Waals surface area contributed by atoms with E-state index in [0.29, 0.717) is 18.5 Å². The number of sulfonamides is 1. The van der Waals surface area contributed by atoms with E-state index in [-0.39, 0.29) is 17.3 Å². The van der Waals surface area contributed by atoms with Crippen molar-refractivity contribution in [1.82, 2.24) is 19.8 Å². The Morgan fingerprint density at radius 3 is 3.00 bits per heavy atom. The number of terminal acetylenes is 1. The number of H-pyrrole nitrogens is 1. The van der Waals surface area contributed by atoms with Gasteiger partial charge in [-0.2, -0.15) is 9.40 Å². The number of fused-ring (bicyclic) bond motifs is 1. The molecule has 8 heteroatoms. The van der Waals surface area contributed by atoms with E-state index >= 15 is 0 Å².